The van der Waals surface area contributed by atoms with Crippen LogP contribution < -0.4 is 5.32 Å². The van der Waals surface area contributed by atoms with Crippen LogP contribution in [-0.2, 0) is 4.79 Å². The van der Waals surface area contributed by atoms with Gasteiger partial charge in [0.05, 0.1) is 4.92 Å². The molecule has 0 spiro atoms. The lowest BCUT2D eigenvalue weighted by Gasteiger charge is -2.03. The van der Waals surface area contributed by atoms with Gasteiger partial charge in [0.25, 0.3) is 5.69 Å². The molecule has 0 saturated carbocycles. The molecule has 0 aliphatic heterocycles. The largest absolute Gasteiger partial charge is 0.322 e. The molecule has 1 aromatic carbocycles. The van der Waals surface area contributed by atoms with E-state index >= 15 is 0 Å². The normalized spacial score (nSPS) is 10.5. The van der Waals surface area contributed by atoms with Crippen molar-refractivity contribution >= 4 is 23.4 Å². The minimum Gasteiger partial charge on any atom is -0.322 e. The van der Waals surface area contributed by atoms with Crippen LogP contribution in [0, 0.1) is 17.0 Å². The molecule has 0 bridgehead atoms. The van der Waals surface area contributed by atoms with Crippen LogP contribution in [0.15, 0.2) is 48.8 Å². The highest BCUT2D eigenvalue weighted by Gasteiger charge is 2.11. The van der Waals surface area contributed by atoms with Crippen LogP contribution in [0.3, 0.4) is 0 Å². The van der Waals surface area contributed by atoms with Gasteiger partial charge >= 0.3 is 0 Å². The van der Waals surface area contributed by atoms with Gasteiger partial charge in [-0.15, -0.1) is 0 Å². The fraction of sp³-hybridized carbons (Fsp3) is 0.0667. The predicted molar refractivity (Wildman–Crippen MR) is 79.7 cm³/mol. The lowest BCUT2D eigenvalue weighted by atomic mass is 10.2. The Balaban J connectivity index is 2.08. The van der Waals surface area contributed by atoms with E-state index in [2.05, 4.69) is 10.3 Å². The van der Waals surface area contributed by atoms with Gasteiger partial charge in [0.2, 0.25) is 5.91 Å². The molecule has 0 saturated heterocycles. The molecule has 0 fully saturated rings. The van der Waals surface area contributed by atoms with Crippen molar-refractivity contribution in [3.05, 3.63) is 70.0 Å². The summed E-state index contributed by atoms with van der Waals surface area (Å²) in [5.74, 6) is -0.364. The molecule has 6 heteroatoms. The van der Waals surface area contributed by atoms with E-state index < -0.39 is 4.92 Å². The van der Waals surface area contributed by atoms with Crippen molar-refractivity contribution in [1.29, 1.82) is 0 Å². The van der Waals surface area contributed by atoms with Crippen LogP contribution in [-0.4, -0.2) is 15.8 Å². The average Bonchev–Trinajstić information content (AvgIpc) is 2.48. The molecule has 106 valence electrons. The number of carbonyl (C=O) groups is 1. The number of amides is 1. The maximum atomic E-state index is 11.8. The monoisotopic (exact) mass is 283 g/mol. The van der Waals surface area contributed by atoms with Gasteiger partial charge in [-0.25, -0.2) is 0 Å². The topological polar surface area (TPSA) is 85.1 Å². The smallest absolute Gasteiger partial charge is 0.274 e. The number of rotatable bonds is 4. The lowest BCUT2D eigenvalue weighted by Crippen LogP contribution is -2.08. The number of nitro benzene ring substituents is 1. The summed E-state index contributed by atoms with van der Waals surface area (Å²) in [5, 5.41) is 13.4. The maximum absolute atomic E-state index is 11.8. The molecule has 1 amide bonds. The summed E-state index contributed by atoms with van der Waals surface area (Å²) in [5.41, 5.74) is 1.70. The minimum atomic E-state index is -0.476. The summed E-state index contributed by atoms with van der Waals surface area (Å²) in [6, 6.07) is 8.14. The van der Waals surface area contributed by atoms with Gasteiger partial charge in [0.15, 0.2) is 0 Å². The number of aryl methyl sites for hydroxylation is 1. The third-order valence-electron chi connectivity index (χ3n) is 2.78. The number of nitro groups is 1. The van der Waals surface area contributed by atoms with Crippen molar-refractivity contribution in [2.24, 2.45) is 0 Å². The SMILES string of the molecule is Cc1ccc(NC(=O)/C=C/c2cccnc2)cc1[N+](=O)[O-]. The first kappa shape index (κ1) is 14.4. The number of nitrogens with zero attached hydrogens (tertiary/aromatic N) is 2. The predicted octanol–water partition coefficient (Wildman–Crippen LogP) is 2.95. The molecule has 0 atom stereocenters. The third-order valence-corrected chi connectivity index (χ3v) is 2.78. The average molecular weight is 283 g/mol. The summed E-state index contributed by atoms with van der Waals surface area (Å²) in [7, 11) is 0. The van der Waals surface area contributed by atoms with Crippen LogP contribution in [0.1, 0.15) is 11.1 Å². The number of aromatic nitrogens is 1. The van der Waals surface area contributed by atoms with Crippen LogP contribution in [0.25, 0.3) is 6.08 Å². The second-order valence-corrected chi connectivity index (χ2v) is 4.37. The highest BCUT2D eigenvalue weighted by atomic mass is 16.6. The lowest BCUT2D eigenvalue weighted by molar-refractivity contribution is -0.385. The summed E-state index contributed by atoms with van der Waals surface area (Å²) < 4.78 is 0. The van der Waals surface area contributed by atoms with Gasteiger partial charge in [-0.2, -0.15) is 0 Å². The minimum absolute atomic E-state index is 0.0240. The molecular weight excluding hydrogens is 270 g/mol. The second-order valence-electron chi connectivity index (χ2n) is 4.37. The van der Waals surface area contributed by atoms with Crippen LogP contribution in [0.5, 0.6) is 0 Å². The second kappa shape index (κ2) is 6.42. The first-order valence-electron chi connectivity index (χ1n) is 6.20. The molecule has 6 nitrogen and oxygen atoms in total. The van der Waals surface area contributed by atoms with Crippen molar-refractivity contribution in [2.75, 3.05) is 5.32 Å². The first-order valence-corrected chi connectivity index (χ1v) is 6.20. The Labute approximate surface area is 121 Å². The van der Waals surface area contributed by atoms with E-state index in [0.29, 0.717) is 11.3 Å². The number of hydrogen-bond donors (Lipinski definition) is 1. The van der Waals surface area contributed by atoms with Crippen molar-refractivity contribution in [1.82, 2.24) is 4.98 Å². The quantitative estimate of drug-likeness (QED) is 0.531. The first-order chi connectivity index (χ1) is 10.1. The standard InChI is InChI=1S/C15H13N3O3/c1-11-4-6-13(9-14(11)18(20)21)17-15(19)7-5-12-3-2-8-16-10-12/h2-10H,1H3,(H,17,19)/b7-5+. The summed E-state index contributed by atoms with van der Waals surface area (Å²) >= 11 is 0. The number of pyridine rings is 1. The number of carbonyl (C=O) groups excluding carboxylic acids is 1. The van der Waals surface area contributed by atoms with Gasteiger partial charge in [-0.05, 0) is 30.7 Å². The molecule has 0 aliphatic rings. The number of anilines is 1. The Morgan fingerprint density at radius 1 is 1.38 bits per heavy atom. The number of nitrogens with one attached hydrogen (secondary N) is 1. The fourth-order valence-corrected chi connectivity index (χ4v) is 1.71. The molecule has 1 N–H and O–H groups in total. The van der Waals surface area contributed by atoms with Crippen LogP contribution >= 0.6 is 0 Å². The van der Waals surface area contributed by atoms with Gasteiger partial charge < -0.3 is 5.32 Å². The number of benzene rings is 1. The van der Waals surface area contributed by atoms with E-state index in [1.807, 2.05) is 6.07 Å². The van der Waals surface area contributed by atoms with E-state index in [1.165, 1.54) is 12.1 Å². The molecule has 0 radical (unpaired) electrons. The zero-order chi connectivity index (χ0) is 15.2. The van der Waals surface area contributed by atoms with Gasteiger partial charge in [-0.1, -0.05) is 12.1 Å². The molecule has 2 aromatic rings. The maximum Gasteiger partial charge on any atom is 0.274 e. The van der Waals surface area contributed by atoms with E-state index in [0.717, 1.165) is 5.56 Å². The molecule has 0 unspecified atom stereocenters. The Morgan fingerprint density at radius 2 is 2.19 bits per heavy atom. The summed E-state index contributed by atoms with van der Waals surface area (Å²) in [6.07, 6.45) is 6.23. The van der Waals surface area contributed by atoms with Crippen LogP contribution in [0.4, 0.5) is 11.4 Å². The van der Waals surface area contributed by atoms with E-state index in [1.54, 1.807) is 43.6 Å². The summed E-state index contributed by atoms with van der Waals surface area (Å²) in [6.45, 7) is 1.64. The third kappa shape index (κ3) is 3.97. The Hall–Kier alpha value is -3.02. The Bertz CT molecular complexity index is 697. The highest BCUT2D eigenvalue weighted by Crippen LogP contribution is 2.22. The van der Waals surface area contributed by atoms with Crippen molar-refractivity contribution < 1.29 is 9.72 Å². The number of hydrogen-bond acceptors (Lipinski definition) is 4. The summed E-state index contributed by atoms with van der Waals surface area (Å²) in [4.78, 5) is 26.1. The molecule has 1 aromatic heterocycles. The van der Waals surface area contributed by atoms with Gasteiger partial charge in [0.1, 0.15) is 0 Å². The zero-order valence-electron chi connectivity index (χ0n) is 11.3. The Kier molecular flexibility index (Phi) is 4.40. The molecule has 1 heterocycles. The van der Waals surface area contributed by atoms with Gasteiger partial charge in [0, 0.05) is 35.8 Å². The molecule has 21 heavy (non-hydrogen) atoms. The van der Waals surface area contributed by atoms with Crippen molar-refractivity contribution in [3.63, 3.8) is 0 Å². The molecule has 2 rings (SSSR count). The van der Waals surface area contributed by atoms with E-state index in [-0.39, 0.29) is 11.6 Å². The van der Waals surface area contributed by atoms with Crippen molar-refractivity contribution in [3.8, 4) is 0 Å². The van der Waals surface area contributed by atoms with Gasteiger partial charge in [-0.3, -0.25) is 19.9 Å². The van der Waals surface area contributed by atoms with Crippen molar-refractivity contribution in [2.45, 2.75) is 6.92 Å². The molecular formula is C15H13N3O3. The van der Waals surface area contributed by atoms with E-state index in [4.69, 9.17) is 0 Å². The van der Waals surface area contributed by atoms with Crippen LogP contribution in [0.2, 0.25) is 0 Å². The zero-order valence-corrected chi connectivity index (χ0v) is 11.3. The Morgan fingerprint density at radius 3 is 2.86 bits per heavy atom. The van der Waals surface area contributed by atoms with E-state index in [9.17, 15) is 14.9 Å². The fourth-order valence-electron chi connectivity index (χ4n) is 1.71. The molecule has 0 aliphatic carbocycles. The highest BCUT2D eigenvalue weighted by molar-refractivity contribution is 6.02.